The van der Waals surface area contributed by atoms with Gasteiger partial charge in [0.25, 0.3) is 5.91 Å². The summed E-state index contributed by atoms with van der Waals surface area (Å²) in [6.07, 6.45) is 0.773. The molecule has 1 rings (SSSR count). The quantitative estimate of drug-likeness (QED) is 0.563. The number of amides is 3. The summed E-state index contributed by atoms with van der Waals surface area (Å²) in [5.74, 6) is -2.07. The molecule has 1 aromatic rings. The van der Waals surface area contributed by atoms with Crippen LogP contribution in [-0.2, 0) is 14.3 Å². The van der Waals surface area contributed by atoms with Crippen molar-refractivity contribution in [1.82, 2.24) is 5.32 Å². The van der Waals surface area contributed by atoms with E-state index < -0.39 is 30.6 Å². The topological polar surface area (TPSA) is 117 Å². The molecule has 0 aliphatic carbocycles. The molecule has 25 heavy (non-hydrogen) atoms. The summed E-state index contributed by atoms with van der Waals surface area (Å²) in [6.45, 7) is -1.87. The van der Waals surface area contributed by atoms with Crippen molar-refractivity contribution < 1.29 is 37.4 Å². The van der Waals surface area contributed by atoms with Gasteiger partial charge in [0, 0.05) is 11.6 Å². The van der Waals surface area contributed by atoms with E-state index in [2.05, 4.69) is 4.74 Å². The predicted octanol–water partition coefficient (Wildman–Crippen LogP) is 1.44. The van der Waals surface area contributed by atoms with Crippen molar-refractivity contribution in [1.29, 1.82) is 0 Å². The van der Waals surface area contributed by atoms with Gasteiger partial charge in [0.05, 0.1) is 7.11 Å². The Bertz CT molecular complexity index is 678. The number of ether oxygens (including phenoxy) is 3. The van der Waals surface area contributed by atoms with Gasteiger partial charge in [-0.1, -0.05) is 12.1 Å². The molecule has 0 heterocycles. The Morgan fingerprint density at radius 3 is 2.52 bits per heavy atom. The number of hydrogen-bond donors (Lipinski definition) is 2. The molecular weight excluding hydrogens is 342 g/mol. The van der Waals surface area contributed by atoms with Crippen LogP contribution in [0.3, 0.4) is 0 Å². The van der Waals surface area contributed by atoms with Crippen LogP contribution in [-0.4, -0.2) is 37.7 Å². The number of imide groups is 1. The molecule has 0 radical (unpaired) electrons. The van der Waals surface area contributed by atoms with Crippen molar-refractivity contribution in [3.05, 3.63) is 29.8 Å². The highest BCUT2D eigenvalue weighted by Gasteiger charge is 2.18. The number of urea groups is 1. The number of benzene rings is 1. The minimum atomic E-state index is -3.09. The molecule has 0 aliphatic rings. The van der Waals surface area contributed by atoms with Crippen LogP contribution in [0.2, 0.25) is 0 Å². The maximum absolute atomic E-state index is 12.5. The van der Waals surface area contributed by atoms with E-state index in [4.69, 9.17) is 15.2 Å². The number of carbonyl (C=O) groups is 3. The molecule has 3 N–H and O–H groups in total. The first-order valence-corrected chi connectivity index (χ1v) is 6.85. The minimum absolute atomic E-state index is 0.0463. The maximum atomic E-state index is 12.5. The molecule has 1 atom stereocenters. The van der Waals surface area contributed by atoms with E-state index in [1.807, 2.05) is 0 Å². The predicted molar refractivity (Wildman–Crippen MR) is 81.9 cm³/mol. The number of para-hydroxylation sites is 1. The van der Waals surface area contributed by atoms with Crippen molar-refractivity contribution in [2.75, 3.05) is 7.11 Å². The molecule has 8 nitrogen and oxygen atoms in total. The fourth-order valence-electron chi connectivity index (χ4n) is 1.69. The summed E-state index contributed by atoms with van der Waals surface area (Å²) in [7, 11) is 1.27. The second-order valence-electron chi connectivity index (χ2n) is 4.52. The third kappa shape index (κ3) is 6.45. The third-order valence-electron chi connectivity index (χ3n) is 2.74. The van der Waals surface area contributed by atoms with E-state index in [0.29, 0.717) is 0 Å². The van der Waals surface area contributed by atoms with Gasteiger partial charge in [-0.25, -0.2) is 9.59 Å². The molecule has 0 aromatic heterocycles. The van der Waals surface area contributed by atoms with E-state index in [1.165, 1.54) is 32.2 Å². The van der Waals surface area contributed by atoms with E-state index in [9.17, 15) is 23.2 Å². The van der Waals surface area contributed by atoms with Crippen LogP contribution in [0.15, 0.2) is 24.3 Å². The number of primary amides is 1. The zero-order valence-corrected chi connectivity index (χ0v) is 13.3. The molecule has 136 valence electrons. The molecular formula is C15H16F2N2O6. The Kier molecular flexibility index (Phi) is 7.32. The van der Waals surface area contributed by atoms with Crippen LogP contribution < -0.4 is 20.5 Å². The highest BCUT2D eigenvalue weighted by atomic mass is 19.3. The summed E-state index contributed by atoms with van der Waals surface area (Å²) in [5, 5.41) is 1.75. The monoisotopic (exact) mass is 358 g/mol. The smallest absolute Gasteiger partial charge is 0.387 e. The first-order valence-electron chi connectivity index (χ1n) is 6.85. The van der Waals surface area contributed by atoms with E-state index in [-0.39, 0.29) is 17.1 Å². The number of halogens is 2. The molecule has 1 aromatic carbocycles. The lowest BCUT2D eigenvalue weighted by molar-refractivity contribution is -0.149. The highest BCUT2D eigenvalue weighted by molar-refractivity contribution is 5.97. The van der Waals surface area contributed by atoms with Crippen molar-refractivity contribution in [2.24, 2.45) is 5.73 Å². The average Bonchev–Trinajstić information content (AvgIpc) is 2.52. The second-order valence-corrected chi connectivity index (χ2v) is 4.52. The Labute approximate surface area is 141 Å². The number of nitrogens with two attached hydrogens (primary N) is 1. The van der Waals surface area contributed by atoms with E-state index in [1.54, 1.807) is 5.32 Å². The number of rotatable bonds is 7. The standard InChI is InChI=1S/C15H16F2N2O6/c1-8(13(21)19-15(18)22)24-11(20)7-6-9-4-3-5-10(23-2)12(9)25-14(16)17/h3-8,14H,1-2H3,(H3,18,19,21,22)/b7-6+/t8-/m1/s1. The molecule has 0 fully saturated rings. The van der Waals surface area contributed by atoms with E-state index in [0.717, 1.165) is 12.2 Å². The number of methoxy groups -OCH3 is 1. The normalized spacial score (nSPS) is 11.9. The van der Waals surface area contributed by atoms with Crippen LogP contribution in [0.5, 0.6) is 11.5 Å². The number of nitrogens with one attached hydrogen (secondary N) is 1. The molecule has 0 bridgehead atoms. The van der Waals surface area contributed by atoms with Gasteiger partial charge in [-0.3, -0.25) is 10.1 Å². The fourth-order valence-corrected chi connectivity index (χ4v) is 1.69. The van der Waals surface area contributed by atoms with E-state index >= 15 is 0 Å². The van der Waals surface area contributed by atoms with Crippen LogP contribution >= 0.6 is 0 Å². The Morgan fingerprint density at radius 1 is 1.28 bits per heavy atom. The summed E-state index contributed by atoms with van der Waals surface area (Å²) in [5.41, 5.74) is 4.90. The molecule has 0 saturated heterocycles. The van der Waals surface area contributed by atoms with Gasteiger partial charge in [-0.05, 0) is 19.1 Å². The Morgan fingerprint density at radius 2 is 1.96 bits per heavy atom. The third-order valence-corrected chi connectivity index (χ3v) is 2.74. The van der Waals surface area contributed by atoms with Crippen LogP contribution in [0, 0.1) is 0 Å². The van der Waals surface area contributed by atoms with Gasteiger partial charge in [0.15, 0.2) is 17.6 Å². The fraction of sp³-hybridized carbons (Fsp3) is 0.267. The Balaban J connectivity index is 2.85. The molecule has 0 aliphatic heterocycles. The molecule has 0 saturated carbocycles. The van der Waals surface area contributed by atoms with Crippen LogP contribution in [0.1, 0.15) is 12.5 Å². The average molecular weight is 358 g/mol. The first-order chi connectivity index (χ1) is 11.7. The summed E-state index contributed by atoms with van der Waals surface area (Å²) >= 11 is 0. The van der Waals surface area contributed by atoms with Gasteiger partial charge in [0.1, 0.15) is 0 Å². The van der Waals surface area contributed by atoms with Crippen molar-refractivity contribution in [3.63, 3.8) is 0 Å². The van der Waals surface area contributed by atoms with Crippen LogP contribution in [0.4, 0.5) is 13.6 Å². The highest BCUT2D eigenvalue weighted by Crippen LogP contribution is 2.33. The summed E-state index contributed by atoms with van der Waals surface area (Å²) < 4.78 is 39.1. The zero-order chi connectivity index (χ0) is 19.0. The van der Waals surface area contributed by atoms with Crippen LogP contribution in [0.25, 0.3) is 6.08 Å². The van der Waals surface area contributed by atoms with Gasteiger partial charge < -0.3 is 19.9 Å². The Hall–Kier alpha value is -3.17. The number of esters is 1. The SMILES string of the molecule is COc1cccc(/C=C/C(=O)O[C@H](C)C(=O)NC(N)=O)c1OC(F)F. The maximum Gasteiger partial charge on any atom is 0.387 e. The minimum Gasteiger partial charge on any atom is -0.493 e. The van der Waals surface area contributed by atoms with Gasteiger partial charge >= 0.3 is 18.6 Å². The lowest BCUT2D eigenvalue weighted by Crippen LogP contribution is -2.42. The lowest BCUT2D eigenvalue weighted by Gasteiger charge is -2.12. The zero-order valence-electron chi connectivity index (χ0n) is 13.3. The van der Waals surface area contributed by atoms with Gasteiger partial charge in [0.2, 0.25) is 0 Å². The van der Waals surface area contributed by atoms with Crippen molar-refractivity contribution in [3.8, 4) is 11.5 Å². The largest absolute Gasteiger partial charge is 0.493 e. The van der Waals surface area contributed by atoms with Gasteiger partial charge in [-0.2, -0.15) is 8.78 Å². The summed E-state index contributed by atoms with van der Waals surface area (Å²) in [6, 6.07) is 3.23. The van der Waals surface area contributed by atoms with Crippen molar-refractivity contribution in [2.45, 2.75) is 19.6 Å². The van der Waals surface area contributed by atoms with Crippen molar-refractivity contribution >= 4 is 24.0 Å². The lowest BCUT2D eigenvalue weighted by atomic mass is 10.1. The summed E-state index contributed by atoms with van der Waals surface area (Å²) in [4.78, 5) is 33.6. The number of hydrogen-bond acceptors (Lipinski definition) is 6. The first kappa shape index (κ1) is 19.9. The molecule has 3 amide bonds. The number of carbonyl (C=O) groups excluding carboxylic acids is 3. The number of alkyl halides is 2. The molecule has 0 unspecified atom stereocenters. The molecule has 10 heteroatoms. The van der Waals surface area contributed by atoms with Gasteiger partial charge in [-0.15, -0.1) is 0 Å². The molecule has 0 spiro atoms. The second kappa shape index (κ2) is 9.21.